The number of aromatic nitrogens is 3. The molecule has 0 bridgehead atoms. The quantitative estimate of drug-likeness (QED) is 0.385. The first-order valence-electron chi connectivity index (χ1n) is 9.15. The normalized spacial score (nSPS) is 11.2. The van der Waals surface area contributed by atoms with Crippen molar-refractivity contribution in [3.8, 4) is 5.75 Å². The van der Waals surface area contributed by atoms with E-state index in [1.165, 1.54) is 46.5 Å². The molecule has 1 amide bonds. The molecule has 9 nitrogen and oxygen atoms in total. The van der Waals surface area contributed by atoms with Crippen molar-refractivity contribution < 1.29 is 17.9 Å². The number of halogens is 1. The van der Waals surface area contributed by atoms with Gasteiger partial charge in [0.15, 0.2) is 17.6 Å². The smallest absolute Gasteiger partial charge is 0.276 e. The Morgan fingerprint density at radius 1 is 1.09 bits per heavy atom. The lowest BCUT2D eigenvalue weighted by Crippen LogP contribution is -2.15. The third-order valence-electron chi connectivity index (χ3n) is 4.13. The van der Waals surface area contributed by atoms with E-state index in [1.807, 2.05) is 0 Å². The standard InChI is InChI=1S/C20H16ClN5O4S2/c21-14-1-5-16(6-2-14)30-13-26-11-9-18(24-26)19(27)23-15-3-7-17(8-4-15)32(28,29)25-20-22-10-12-31-20/h1-12H,13H2,(H,22,25)(H,23,27). The monoisotopic (exact) mass is 489 g/mol. The predicted molar refractivity (Wildman–Crippen MR) is 122 cm³/mol. The van der Waals surface area contributed by atoms with Crippen molar-refractivity contribution in [1.82, 2.24) is 14.8 Å². The molecule has 0 unspecified atom stereocenters. The van der Waals surface area contributed by atoms with E-state index in [1.54, 1.807) is 41.9 Å². The molecule has 2 heterocycles. The van der Waals surface area contributed by atoms with Crippen LogP contribution in [0.15, 0.2) is 77.3 Å². The summed E-state index contributed by atoms with van der Waals surface area (Å²) in [4.78, 5) is 16.4. The minimum absolute atomic E-state index is 0.0503. The molecule has 0 atom stereocenters. The molecule has 2 aromatic heterocycles. The molecule has 32 heavy (non-hydrogen) atoms. The Hall–Kier alpha value is -3.41. The highest BCUT2D eigenvalue weighted by molar-refractivity contribution is 7.93. The van der Waals surface area contributed by atoms with Crippen LogP contribution in [0.2, 0.25) is 5.02 Å². The molecule has 4 aromatic rings. The summed E-state index contributed by atoms with van der Waals surface area (Å²) in [7, 11) is -3.76. The number of carbonyl (C=O) groups is 1. The van der Waals surface area contributed by atoms with Crippen LogP contribution in [0.5, 0.6) is 5.75 Å². The molecular formula is C20H16ClN5O4S2. The van der Waals surface area contributed by atoms with Gasteiger partial charge in [0.2, 0.25) is 0 Å². The van der Waals surface area contributed by atoms with Crippen LogP contribution in [0.3, 0.4) is 0 Å². The van der Waals surface area contributed by atoms with Gasteiger partial charge in [0, 0.05) is 28.5 Å². The Balaban J connectivity index is 1.35. The van der Waals surface area contributed by atoms with Crippen LogP contribution < -0.4 is 14.8 Å². The molecule has 0 spiro atoms. The van der Waals surface area contributed by atoms with Crippen LogP contribution in [0, 0.1) is 0 Å². The zero-order chi connectivity index (χ0) is 22.6. The van der Waals surface area contributed by atoms with E-state index < -0.39 is 15.9 Å². The molecule has 0 aliphatic heterocycles. The summed E-state index contributed by atoms with van der Waals surface area (Å²) in [5, 5.41) is 9.41. The van der Waals surface area contributed by atoms with E-state index in [4.69, 9.17) is 16.3 Å². The van der Waals surface area contributed by atoms with Gasteiger partial charge in [-0.25, -0.2) is 18.1 Å². The summed E-state index contributed by atoms with van der Waals surface area (Å²) in [6.45, 7) is 0.119. The second-order valence-electron chi connectivity index (χ2n) is 6.39. The number of hydrogen-bond acceptors (Lipinski definition) is 7. The summed E-state index contributed by atoms with van der Waals surface area (Å²) in [6.07, 6.45) is 3.12. The lowest BCUT2D eigenvalue weighted by molar-refractivity contribution is 0.102. The molecule has 12 heteroatoms. The highest BCUT2D eigenvalue weighted by Crippen LogP contribution is 2.20. The van der Waals surface area contributed by atoms with Crippen molar-refractivity contribution in [3.63, 3.8) is 0 Å². The van der Waals surface area contributed by atoms with Crippen LogP contribution in [-0.2, 0) is 16.8 Å². The number of benzene rings is 2. The number of nitrogens with zero attached hydrogens (tertiary/aromatic N) is 3. The summed E-state index contributed by atoms with van der Waals surface area (Å²) in [5.41, 5.74) is 0.613. The maximum atomic E-state index is 12.5. The van der Waals surface area contributed by atoms with E-state index >= 15 is 0 Å². The summed E-state index contributed by atoms with van der Waals surface area (Å²) in [6, 6.07) is 14.2. The molecule has 4 rings (SSSR count). The van der Waals surface area contributed by atoms with Crippen LogP contribution >= 0.6 is 22.9 Å². The highest BCUT2D eigenvalue weighted by atomic mass is 35.5. The second kappa shape index (κ2) is 9.39. The molecule has 0 aliphatic carbocycles. The predicted octanol–water partition coefficient (Wildman–Crippen LogP) is 4.08. The molecule has 164 valence electrons. The van der Waals surface area contributed by atoms with Gasteiger partial charge in [0.05, 0.1) is 4.90 Å². The summed E-state index contributed by atoms with van der Waals surface area (Å²) in [5.74, 6) is 0.182. The van der Waals surface area contributed by atoms with Crippen LogP contribution in [-0.4, -0.2) is 29.1 Å². The number of nitrogens with one attached hydrogen (secondary N) is 2. The number of anilines is 2. The lowest BCUT2D eigenvalue weighted by atomic mass is 10.3. The van der Waals surface area contributed by atoms with Gasteiger partial charge in [-0.1, -0.05) is 11.6 Å². The van der Waals surface area contributed by atoms with Crippen LogP contribution in [0.1, 0.15) is 10.5 Å². The van der Waals surface area contributed by atoms with Crippen molar-refractivity contribution in [2.24, 2.45) is 0 Å². The molecular weight excluding hydrogens is 474 g/mol. The lowest BCUT2D eigenvalue weighted by Gasteiger charge is -2.07. The maximum absolute atomic E-state index is 12.5. The SMILES string of the molecule is O=C(Nc1ccc(S(=O)(=O)Nc2nccs2)cc1)c1ccn(COc2ccc(Cl)cc2)n1. The molecule has 0 saturated heterocycles. The number of carbonyl (C=O) groups excluding carboxylic acids is 1. The van der Waals surface area contributed by atoms with E-state index in [9.17, 15) is 13.2 Å². The number of thiazole rings is 1. The zero-order valence-electron chi connectivity index (χ0n) is 16.3. The maximum Gasteiger partial charge on any atom is 0.276 e. The highest BCUT2D eigenvalue weighted by Gasteiger charge is 2.16. The van der Waals surface area contributed by atoms with Crippen LogP contribution in [0.25, 0.3) is 0 Å². The number of ether oxygens (including phenoxy) is 1. The van der Waals surface area contributed by atoms with Gasteiger partial charge < -0.3 is 10.1 Å². The van der Waals surface area contributed by atoms with Gasteiger partial charge in [0.1, 0.15) is 5.75 Å². The molecule has 0 saturated carbocycles. The molecule has 2 aromatic carbocycles. The summed E-state index contributed by atoms with van der Waals surface area (Å²) >= 11 is 7.02. The van der Waals surface area contributed by atoms with Gasteiger partial charge in [-0.2, -0.15) is 5.10 Å². The second-order valence-corrected chi connectivity index (χ2v) is 9.40. The fourth-order valence-corrected chi connectivity index (χ4v) is 4.50. The van der Waals surface area contributed by atoms with Gasteiger partial charge in [0.25, 0.3) is 15.9 Å². The first-order valence-corrected chi connectivity index (χ1v) is 11.9. The van der Waals surface area contributed by atoms with E-state index in [-0.39, 0.29) is 22.5 Å². The minimum Gasteiger partial charge on any atom is -0.471 e. The summed E-state index contributed by atoms with van der Waals surface area (Å²) < 4.78 is 34.2. The van der Waals surface area contributed by atoms with Crippen molar-refractivity contribution in [3.05, 3.63) is 83.1 Å². The number of hydrogen-bond donors (Lipinski definition) is 2. The average Bonchev–Trinajstić information content (AvgIpc) is 3.46. The van der Waals surface area contributed by atoms with Gasteiger partial charge >= 0.3 is 0 Å². The van der Waals surface area contributed by atoms with Crippen molar-refractivity contribution >= 4 is 49.7 Å². The Morgan fingerprint density at radius 3 is 2.53 bits per heavy atom. The van der Waals surface area contributed by atoms with Crippen molar-refractivity contribution in [2.45, 2.75) is 11.6 Å². The van der Waals surface area contributed by atoms with E-state index in [0.29, 0.717) is 16.5 Å². The van der Waals surface area contributed by atoms with Gasteiger partial charge in [-0.15, -0.1) is 11.3 Å². The Kier molecular flexibility index (Phi) is 6.40. The molecule has 0 aliphatic rings. The van der Waals surface area contributed by atoms with Gasteiger partial charge in [-0.3, -0.25) is 9.52 Å². The number of sulfonamides is 1. The van der Waals surface area contributed by atoms with Crippen molar-refractivity contribution in [1.29, 1.82) is 0 Å². The molecule has 0 radical (unpaired) electrons. The largest absolute Gasteiger partial charge is 0.471 e. The Labute approximate surface area is 192 Å². The first kappa shape index (κ1) is 21.8. The topological polar surface area (TPSA) is 115 Å². The number of rotatable bonds is 8. The van der Waals surface area contributed by atoms with Crippen LogP contribution in [0.4, 0.5) is 10.8 Å². The van der Waals surface area contributed by atoms with E-state index in [2.05, 4.69) is 20.1 Å². The molecule has 0 fully saturated rings. The average molecular weight is 490 g/mol. The fraction of sp³-hybridized carbons (Fsp3) is 0.0500. The van der Waals surface area contributed by atoms with E-state index in [0.717, 1.165) is 0 Å². The fourth-order valence-electron chi connectivity index (χ4n) is 2.59. The third-order valence-corrected chi connectivity index (χ3v) is 6.55. The Bertz CT molecular complexity index is 1310. The third kappa shape index (κ3) is 5.44. The minimum atomic E-state index is -3.76. The van der Waals surface area contributed by atoms with Gasteiger partial charge in [-0.05, 0) is 54.6 Å². The van der Waals surface area contributed by atoms with Crippen molar-refractivity contribution in [2.75, 3.05) is 10.0 Å². The zero-order valence-corrected chi connectivity index (χ0v) is 18.7. The Morgan fingerprint density at radius 2 is 1.84 bits per heavy atom. The molecule has 2 N–H and O–H groups in total. The number of amides is 1. The first-order chi connectivity index (χ1) is 15.4.